The van der Waals surface area contributed by atoms with E-state index >= 15 is 0 Å². The molecule has 4 nitrogen and oxygen atoms in total. The van der Waals surface area contributed by atoms with Crippen molar-refractivity contribution in [2.75, 3.05) is 26.2 Å². The highest BCUT2D eigenvalue weighted by Gasteiger charge is 2.32. The van der Waals surface area contributed by atoms with Gasteiger partial charge in [0.25, 0.3) is 5.91 Å². The smallest absolute Gasteiger partial charge is 0.251 e. The van der Waals surface area contributed by atoms with Crippen LogP contribution >= 0.6 is 0 Å². The van der Waals surface area contributed by atoms with Gasteiger partial charge >= 0.3 is 0 Å². The van der Waals surface area contributed by atoms with Crippen LogP contribution in [0.15, 0.2) is 24.3 Å². The van der Waals surface area contributed by atoms with E-state index in [2.05, 4.69) is 29.3 Å². The minimum Gasteiger partial charge on any atom is -0.373 e. The summed E-state index contributed by atoms with van der Waals surface area (Å²) in [7, 11) is 0. The second kappa shape index (κ2) is 7.93. The van der Waals surface area contributed by atoms with Crippen LogP contribution in [0.5, 0.6) is 0 Å². The zero-order valence-corrected chi connectivity index (χ0v) is 14.1. The predicted molar refractivity (Wildman–Crippen MR) is 91.7 cm³/mol. The highest BCUT2D eigenvalue weighted by molar-refractivity contribution is 5.94. The topological polar surface area (TPSA) is 41.6 Å². The van der Waals surface area contributed by atoms with Gasteiger partial charge in [-0.15, -0.1) is 0 Å². The first-order chi connectivity index (χ1) is 11.3. The third-order valence-corrected chi connectivity index (χ3v) is 4.99. The van der Waals surface area contributed by atoms with Crippen molar-refractivity contribution in [2.24, 2.45) is 0 Å². The Kier molecular flexibility index (Phi) is 5.68. The molecule has 3 rings (SSSR count). The molecule has 1 N–H and O–H groups in total. The molecule has 1 amide bonds. The highest BCUT2D eigenvalue weighted by atomic mass is 16.5. The number of hydrogen-bond donors (Lipinski definition) is 1. The van der Waals surface area contributed by atoms with Crippen molar-refractivity contribution in [3.63, 3.8) is 0 Å². The number of nitrogens with zero attached hydrogens (tertiary/aromatic N) is 1. The van der Waals surface area contributed by atoms with Crippen LogP contribution in [0.25, 0.3) is 0 Å². The molecule has 4 heteroatoms. The van der Waals surface area contributed by atoms with Crippen LogP contribution in [0.4, 0.5) is 0 Å². The Labute approximate surface area is 139 Å². The van der Waals surface area contributed by atoms with E-state index in [9.17, 15) is 4.79 Å². The summed E-state index contributed by atoms with van der Waals surface area (Å²) in [6.07, 6.45) is 6.13. The Morgan fingerprint density at radius 2 is 2.17 bits per heavy atom. The van der Waals surface area contributed by atoms with Gasteiger partial charge in [0.2, 0.25) is 0 Å². The molecule has 2 saturated heterocycles. The minimum atomic E-state index is -0.000753. The summed E-state index contributed by atoms with van der Waals surface area (Å²) in [5, 5.41) is 3.02. The van der Waals surface area contributed by atoms with E-state index in [0.717, 1.165) is 25.1 Å². The number of morpholine rings is 1. The number of rotatable bonds is 6. The van der Waals surface area contributed by atoms with Gasteiger partial charge in [-0.25, -0.2) is 0 Å². The Bertz CT molecular complexity index is 515. The molecule has 0 unspecified atom stereocenters. The molecular weight excluding hydrogens is 288 g/mol. The van der Waals surface area contributed by atoms with Crippen LogP contribution < -0.4 is 5.32 Å². The lowest BCUT2D eigenvalue weighted by atomic mass is 10.1. The summed E-state index contributed by atoms with van der Waals surface area (Å²) in [6, 6.07) is 8.60. The van der Waals surface area contributed by atoms with Crippen LogP contribution in [0.1, 0.15) is 48.5 Å². The van der Waals surface area contributed by atoms with Crippen LogP contribution in [0.2, 0.25) is 0 Å². The first-order valence-electron chi connectivity index (χ1n) is 8.99. The van der Waals surface area contributed by atoms with Crippen LogP contribution in [-0.2, 0) is 11.2 Å². The molecule has 2 aliphatic heterocycles. The zero-order valence-electron chi connectivity index (χ0n) is 14.1. The van der Waals surface area contributed by atoms with E-state index in [0.29, 0.717) is 12.6 Å². The van der Waals surface area contributed by atoms with Gasteiger partial charge in [0.1, 0.15) is 0 Å². The van der Waals surface area contributed by atoms with Gasteiger partial charge in [-0.2, -0.15) is 0 Å². The summed E-state index contributed by atoms with van der Waals surface area (Å²) in [5.41, 5.74) is 2.04. The minimum absolute atomic E-state index is 0.000753. The number of ether oxygens (including phenoxy) is 1. The molecule has 1 aromatic carbocycles. The Morgan fingerprint density at radius 3 is 2.96 bits per heavy atom. The number of nitrogens with one attached hydrogen (secondary N) is 1. The monoisotopic (exact) mass is 316 g/mol. The summed E-state index contributed by atoms with van der Waals surface area (Å²) in [6.45, 7) is 5.73. The lowest BCUT2D eigenvalue weighted by Crippen LogP contribution is -2.50. The maximum atomic E-state index is 12.3. The molecular formula is C19H28N2O2. The quantitative estimate of drug-likeness (QED) is 0.877. The fourth-order valence-electron chi connectivity index (χ4n) is 3.52. The molecule has 0 bridgehead atoms. The maximum Gasteiger partial charge on any atom is 0.251 e. The van der Waals surface area contributed by atoms with Gasteiger partial charge in [-0.1, -0.05) is 25.5 Å². The molecule has 2 heterocycles. The van der Waals surface area contributed by atoms with E-state index in [1.807, 2.05) is 12.1 Å². The molecule has 0 aromatic heterocycles. The molecule has 2 fully saturated rings. The molecule has 126 valence electrons. The van der Waals surface area contributed by atoms with E-state index in [-0.39, 0.29) is 12.0 Å². The second-order valence-electron chi connectivity index (χ2n) is 6.76. The number of benzene rings is 1. The molecule has 0 spiro atoms. The molecule has 0 saturated carbocycles. The number of aryl methyl sites for hydroxylation is 1. The Hall–Kier alpha value is -1.39. The first kappa shape index (κ1) is 16.5. The SMILES string of the molecule is CCCCc1ccc(C(=O)NC[C@H]2CN3CCC[C@H]3CO2)cc1. The summed E-state index contributed by atoms with van der Waals surface area (Å²) in [5.74, 6) is -0.000753. The molecule has 0 aliphatic carbocycles. The van der Waals surface area contributed by atoms with Gasteiger partial charge in [0, 0.05) is 24.7 Å². The van der Waals surface area contributed by atoms with Crippen LogP contribution in [0, 0.1) is 0 Å². The zero-order chi connectivity index (χ0) is 16.1. The summed E-state index contributed by atoms with van der Waals surface area (Å²) >= 11 is 0. The Morgan fingerprint density at radius 1 is 1.35 bits per heavy atom. The summed E-state index contributed by atoms with van der Waals surface area (Å²) in [4.78, 5) is 14.8. The van der Waals surface area contributed by atoms with Crippen molar-refractivity contribution in [1.29, 1.82) is 0 Å². The summed E-state index contributed by atoms with van der Waals surface area (Å²) < 4.78 is 5.89. The van der Waals surface area contributed by atoms with Crippen molar-refractivity contribution < 1.29 is 9.53 Å². The molecule has 2 aliphatic rings. The Balaban J connectivity index is 1.45. The van der Waals surface area contributed by atoms with Gasteiger partial charge in [0.15, 0.2) is 0 Å². The van der Waals surface area contributed by atoms with Crippen molar-refractivity contribution in [2.45, 2.75) is 51.2 Å². The number of carbonyl (C=O) groups is 1. The van der Waals surface area contributed by atoms with Gasteiger partial charge < -0.3 is 10.1 Å². The molecule has 0 radical (unpaired) electrons. The number of carbonyl (C=O) groups excluding carboxylic acids is 1. The lowest BCUT2D eigenvalue weighted by molar-refractivity contribution is -0.0461. The number of hydrogen-bond acceptors (Lipinski definition) is 3. The van der Waals surface area contributed by atoms with E-state index in [1.165, 1.54) is 37.8 Å². The third kappa shape index (κ3) is 4.33. The van der Waals surface area contributed by atoms with E-state index in [4.69, 9.17) is 4.74 Å². The lowest BCUT2D eigenvalue weighted by Gasteiger charge is -2.35. The van der Waals surface area contributed by atoms with Crippen molar-refractivity contribution >= 4 is 5.91 Å². The highest BCUT2D eigenvalue weighted by Crippen LogP contribution is 2.22. The normalized spacial score (nSPS) is 24.4. The average Bonchev–Trinajstić information content (AvgIpc) is 3.06. The third-order valence-electron chi connectivity index (χ3n) is 4.99. The fraction of sp³-hybridized carbons (Fsp3) is 0.632. The van der Waals surface area contributed by atoms with Gasteiger partial charge in [0.05, 0.1) is 12.7 Å². The van der Waals surface area contributed by atoms with Gasteiger partial charge in [-0.3, -0.25) is 9.69 Å². The molecule has 23 heavy (non-hydrogen) atoms. The van der Waals surface area contributed by atoms with Crippen LogP contribution in [-0.4, -0.2) is 49.2 Å². The fourth-order valence-corrected chi connectivity index (χ4v) is 3.52. The van der Waals surface area contributed by atoms with Crippen molar-refractivity contribution in [3.05, 3.63) is 35.4 Å². The first-order valence-corrected chi connectivity index (χ1v) is 8.99. The average molecular weight is 316 g/mol. The second-order valence-corrected chi connectivity index (χ2v) is 6.76. The molecule has 1 aromatic rings. The predicted octanol–water partition coefficient (Wildman–Crippen LogP) is 2.62. The maximum absolute atomic E-state index is 12.3. The van der Waals surface area contributed by atoms with E-state index < -0.39 is 0 Å². The van der Waals surface area contributed by atoms with Crippen molar-refractivity contribution in [3.8, 4) is 0 Å². The van der Waals surface area contributed by atoms with Crippen LogP contribution in [0.3, 0.4) is 0 Å². The number of fused-ring (bicyclic) bond motifs is 1. The molecule has 2 atom stereocenters. The number of amides is 1. The van der Waals surface area contributed by atoms with Crippen molar-refractivity contribution in [1.82, 2.24) is 10.2 Å². The van der Waals surface area contributed by atoms with E-state index in [1.54, 1.807) is 0 Å². The largest absolute Gasteiger partial charge is 0.373 e. The standard InChI is InChI=1S/C19H28N2O2/c1-2-3-5-15-7-9-16(10-8-15)19(22)20-12-18-13-21-11-4-6-17(21)14-23-18/h7-10,17-18H,2-6,11-14H2,1H3,(H,20,22)/t17-,18-/m0/s1. The number of unbranched alkanes of at least 4 members (excludes halogenated alkanes) is 1. The van der Waals surface area contributed by atoms with Gasteiger partial charge in [-0.05, 0) is 49.9 Å².